The van der Waals surface area contributed by atoms with Crippen molar-refractivity contribution >= 4 is 17.6 Å². The molecule has 1 heterocycles. The minimum absolute atomic E-state index is 0.584. The fourth-order valence-electron chi connectivity index (χ4n) is 2.39. The van der Waals surface area contributed by atoms with Crippen molar-refractivity contribution in [1.82, 2.24) is 10.2 Å². The number of Topliss-reactive ketones (excluding diaryl/α,β-unsaturated/α-hetero) is 1. The summed E-state index contributed by atoms with van der Waals surface area (Å²) in [7, 11) is 1.02. The Bertz CT molecular complexity index is 1260. The first-order chi connectivity index (χ1) is 17.6. The van der Waals surface area contributed by atoms with Gasteiger partial charge in [0.1, 0.15) is 12.1 Å². The normalized spacial score (nSPS) is 38.6. The maximum absolute atomic E-state index is 13.4. The smallest absolute Gasteiger partial charge is 0.249 e. The van der Waals surface area contributed by atoms with E-state index in [-0.39, 0.29) is 0 Å². The number of likely N-dealkylation sites (N-methyl/N-ethyl adjacent to an activating group) is 1. The average molecular weight is 388 g/mol. The van der Waals surface area contributed by atoms with Crippen LogP contribution in [0.25, 0.3) is 0 Å². The minimum Gasteiger partial charge on any atom is -0.385 e. The zero-order valence-corrected chi connectivity index (χ0v) is 15.4. The summed E-state index contributed by atoms with van der Waals surface area (Å²) in [5.74, 6) is -9.99. The molecular formula is C21H30N2O4. The molecule has 27 heavy (non-hydrogen) atoms. The molecule has 1 aromatic carbocycles. The number of nitrogens with one attached hydrogen (secondary N) is 1. The average Bonchev–Trinajstić information content (AvgIpc) is 2.83. The van der Waals surface area contributed by atoms with Gasteiger partial charge in [0.2, 0.25) is 11.8 Å². The molecule has 148 valence electrons. The van der Waals surface area contributed by atoms with Gasteiger partial charge in [0.15, 0.2) is 5.78 Å². The number of carbonyl (C=O) groups excluding carboxylic acids is 3. The molecule has 2 rings (SSSR count). The predicted octanol–water partition coefficient (Wildman–Crippen LogP) is 1.86. The molecule has 0 fully saturated rings. The Labute approximate surface area is 179 Å². The maximum atomic E-state index is 13.4. The highest BCUT2D eigenvalue weighted by molar-refractivity contribution is 5.93. The van der Waals surface area contributed by atoms with Crippen LogP contribution in [0.4, 0.5) is 0 Å². The van der Waals surface area contributed by atoms with Crippen molar-refractivity contribution in [1.29, 1.82) is 0 Å². The number of nitrogens with zero attached hydrogens (tertiary/aromatic N) is 1. The molecule has 1 aliphatic rings. The lowest BCUT2D eigenvalue weighted by atomic mass is 9.94. The van der Waals surface area contributed by atoms with Gasteiger partial charge >= 0.3 is 0 Å². The van der Waals surface area contributed by atoms with Crippen molar-refractivity contribution in [2.45, 2.75) is 58.6 Å². The molecule has 6 heteroatoms. The van der Waals surface area contributed by atoms with Gasteiger partial charge in [-0.25, -0.2) is 0 Å². The number of hydrogen-bond acceptors (Lipinski definition) is 4. The molecule has 2 unspecified atom stereocenters. The van der Waals surface area contributed by atoms with Crippen LogP contribution in [0.1, 0.15) is 69.0 Å². The molecule has 2 N–H and O–H groups in total. The molecule has 0 saturated heterocycles. The fourth-order valence-corrected chi connectivity index (χ4v) is 2.39. The highest BCUT2D eigenvalue weighted by Gasteiger charge is 2.34. The van der Waals surface area contributed by atoms with Crippen molar-refractivity contribution in [3.63, 3.8) is 0 Å². The number of ketones is 1. The zero-order valence-electron chi connectivity index (χ0n) is 28.4. The van der Waals surface area contributed by atoms with Crippen LogP contribution in [-0.2, 0) is 20.8 Å². The molecule has 0 bridgehead atoms. The summed E-state index contributed by atoms with van der Waals surface area (Å²) in [5, 5.41) is 12.4. The standard InChI is InChI=1S/C21H30N2O4/c1-12(2)19(25)17(24)10-13(3)20(26)22-18-16-9-7-6-8-15(16)11-14(4)23(5)21(18)27/h6-9,12-14,18-19,25H,10-11H2,1-5H3,(H,22,26)/t13-,14?,18+,19+/m1/s1/i1D3,6D,7D,8D,9D,11D2,12D,13D,14D,19D/t12?,13-,14?,18+,19+. The molecule has 1 aromatic rings. The summed E-state index contributed by atoms with van der Waals surface area (Å²) < 4.78 is 105. The van der Waals surface area contributed by atoms with Gasteiger partial charge in [-0.05, 0) is 30.3 Å². The molecule has 5 atom stereocenters. The van der Waals surface area contributed by atoms with E-state index in [1.807, 2.05) is 0 Å². The van der Waals surface area contributed by atoms with Gasteiger partial charge in [0.25, 0.3) is 0 Å². The Kier molecular flexibility index (Phi) is 2.99. The third kappa shape index (κ3) is 4.75. The number of benzene rings is 1. The number of aliphatic hydroxyl groups is 1. The highest BCUT2D eigenvalue weighted by atomic mass is 16.3. The van der Waals surface area contributed by atoms with Gasteiger partial charge in [0.05, 0.1) is 8.22 Å². The molecule has 2 amide bonds. The number of hydrogen-bond donors (Lipinski definition) is 2. The zero-order chi connectivity index (χ0) is 31.8. The molecule has 0 spiro atoms. The van der Waals surface area contributed by atoms with Gasteiger partial charge in [-0.15, -0.1) is 0 Å². The van der Waals surface area contributed by atoms with Crippen molar-refractivity contribution in [2.75, 3.05) is 7.05 Å². The summed E-state index contributed by atoms with van der Waals surface area (Å²) >= 11 is 0. The molecular weight excluding hydrogens is 344 g/mol. The van der Waals surface area contributed by atoms with E-state index < -0.39 is 102 Å². The van der Waals surface area contributed by atoms with Crippen LogP contribution >= 0.6 is 0 Å². The van der Waals surface area contributed by atoms with Gasteiger partial charge < -0.3 is 15.3 Å². The number of fused-ring (bicyclic) bond motifs is 1. The summed E-state index contributed by atoms with van der Waals surface area (Å²) in [5.41, 5.74) is -1.47. The van der Waals surface area contributed by atoms with Crippen LogP contribution in [-0.4, -0.2) is 46.7 Å². The van der Waals surface area contributed by atoms with Gasteiger partial charge in [0, 0.05) is 35.0 Å². The Balaban J connectivity index is 2.65. The lowest BCUT2D eigenvalue weighted by molar-refractivity contribution is -0.138. The molecule has 0 aromatic heterocycles. The SMILES string of the molecule is [2H]c1c([2H])c([2H])c2c(c1[2H])[C@H](NC(=O)[C@]([2H])(C)CC(=O)[C@@]([2H])(O)C([2H])(C)C([2H])([2H])[2H])C(=O)N(C)C([2H])(C)C2([2H])[2H]. The van der Waals surface area contributed by atoms with E-state index in [2.05, 4.69) is 5.32 Å². The third-order valence-corrected chi connectivity index (χ3v) is 4.10. The minimum atomic E-state index is -3.59. The van der Waals surface area contributed by atoms with Gasteiger partial charge in [-0.3, -0.25) is 14.4 Å². The van der Waals surface area contributed by atoms with Crippen LogP contribution in [0.15, 0.2) is 24.2 Å². The Hall–Kier alpha value is -2.21. The Morgan fingerprint density at radius 2 is 2.19 bits per heavy atom. The second-order valence-corrected chi connectivity index (χ2v) is 6.16. The molecule has 1 aliphatic heterocycles. The van der Waals surface area contributed by atoms with Crippen LogP contribution < -0.4 is 5.32 Å². The van der Waals surface area contributed by atoms with E-state index in [9.17, 15) is 19.5 Å². The van der Waals surface area contributed by atoms with E-state index in [1.165, 1.54) is 0 Å². The van der Waals surface area contributed by atoms with E-state index >= 15 is 0 Å². The highest BCUT2D eigenvalue weighted by Crippen LogP contribution is 2.27. The molecule has 0 radical (unpaired) electrons. The Morgan fingerprint density at radius 3 is 2.85 bits per heavy atom. The van der Waals surface area contributed by atoms with E-state index in [0.717, 1.165) is 20.9 Å². The number of amides is 2. The van der Waals surface area contributed by atoms with E-state index in [0.29, 0.717) is 11.8 Å². The quantitative estimate of drug-likeness (QED) is 0.780. The Morgan fingerprint density at radius 1 is 1.52 bits per heavy atom. The number of rotatable bonds is 6. The first kappa shape index (κ1) is 9.32. The summed E-state index contributed by atoms with van der Waals surface area (Å²) in [6, 6.07) is -8.03. The van der Waals surface area contributed by atoms with E-state index in [4.69, 9.17) is 17.8 Å². The van der Waals surface area contributed by atoms with Crippen LogP contribution in [0.5, 0.6) is 0 Å². The van der Waals surface area contributed by atoms with Crippen molar-refractivity contribution in [2.24, 2.45) is 11.8 Å². The maximum Gasteiger partial charge on any atom is 0.249 e. The summed E-state index contributed by atoms with van der Waals surface area (Å²) in [4.78, 5) is 40.0. The van der Waals surface area contributed by atoms with Gasteiger partial charge in [-0.2, -0.15) is 0 Å². The van der Waals surface area contributed by atoms with Crippen molar-refractivity contribution in [3.05, 3.63) is 35.3 Å². The molecule has 0 aliphatic carbocycles. The lowest BCUT2D eigenvalue weighted by Crippen LogP contribution is -2.44. The second-order valence-electron chi connectivity index (χ2n) is 6.16. The first-order valence-corrected chi connectivity index (χ1v) is 8.05. The van der Waals surface area contributed by atoms with Crippen LogP contribution in [0.2, 0.25) is 0 Å². The third-order valence-electron chi connectivity index (χ3n) is 4.10. The molecule has 6 nitrogen and oxygen atoms in total. The monoisotopic (exact) mass is 387 g/mol. The summed E-state index contributed by atoms with van der Waals surface area (Å²) in [6.45, 7) is -0.882. The van der Waals surface area contributed by atoms with Crippen molar-refractivity contribution in [3.8, 4) is 0 Å². The first-order valence-electron chi connectivity index (χ1n) is 14.6. The summed E-state index contributed by atoms with van der Waals surface area (Å²) in [6.07, 6.45) is -7.80. The fraction of sp³-hybridized carbons (Fsp3) is 0.571. The second kappa shape index (κ2) is 8.65. The van der Waals surface area contributed by atoms with Crippen LogP contribution in [0.3, 0.4) is 0 Å². The number of carbonyl (C=O) groups is 3. The van der Waals surface area contributed by atoms with E-state index in [1.54, 1.807) is 0 Å². The predicted molar refractivity (Wildman–Crippen MR) is 103 cm³/mol. The molecule has 0 saturated carbocycles. The van der Waals surface area contributed by atoms with Crippen molar-refractivity contribution < 1.29 is 37.3 Å². The largest absolute Gasteiger partial charge is 0.385 e. The topological polar surface area (TPSA) is 86.7 Å². The van der Waals surface area contributed by atoms with Gasteiger partial charge in [-0.1, -0.05) is 44.9 Å². The lowest BCUT2D eigenvalue weighted by Gasteiger charge is -2.26. The van der Waals surface area contributed by atoms with Crippen LogP contribution in [0, 0.1) is 11.8 Å².